The Hall–Kier alpha value is -5.89. The second-order valence-electron chi connectivity index (χ2n) is 16.8. The van der Waals surface area contributed by atoms with Crippen molar-refractivity contribution >= 4 is 42.3 Å². The first kappa shape index (κ1) is 31.5. The summed E-state index contributed by atoms with van der Waals surface area (Å²) in [7, 11) is -1.83. The van der Waals surface area contributed by atoms with Crippen LogP contribution in [0.1, 0.15) is 49.9 Å². The molecule has 2 aliphatic carbocycles. The number of hydrogen-bond acceptors (Lipinski definition) is 0. The van der Waals surface area contributed by atoms with Crippen LogP contribution in [-0.4, -0.2) is 0 Å². The van der Waals surface area contributed by atoms with Crippen LogP contribution in [0.2, 0.25) is 0 Å². The monoisotopic (exact) mass is 720 g/mol. The van der Waals surface area contributed by atoms with E-state index in [9.17, 15) is 0 Å². The molecule has 0 saturated carbocycles. The fourth-order valence-corrected chi connectivity index (χ4v) is 15.3. The third-order valence-corrected chi connectivity index (χ3v) is 17.4. The van der Waals surface area contributed by atoms with Gasteiger partial charge in [0.25, 0.3) is 0 Å². The molecule has 262 valence electrons. The quantitative estimate of drug-likeness (QED) is 0.123. The van der Waals surface area contributed by atoms with Gasteiger partial charge in [-0.05, 0) is 131 Å². The predicted molar refractivity (Wildman–Crippen MR) is 233 cm³/mol. The van der Waals surface area contributed by atoms with E-state index < -0.39 is 10.0 Å². The van der Waals surface area contributed by atoms with Crippen molar-refractivity contribution in [2.75, 3.05) is 0 Å². The van der Waals surface area contributed by atoms with Gasteiger partial charge in [0, 0.05) is 35.8 Å². The van der Waals surface area contributed by atoms with Gasteiger partial charge in [-0.3, -0.25) is 0 Å². The highest BCUT2D eigenvalue weighted by Crippen LogP contribution is 2.78. The standard InChI is InChI=1S/C54H40S/c1-53(2)43-26-14-11-23-37(43)49-42-30-39-36-25-17-29-48-50(36)40(31-41(39)51-38-24-12-15-27-44(38)54(3,4)46(52(42)51)32-45(49)53)35-22-13-16-28-47(35)55(48,33-18-7-5-8-19-33)34-20-9-6-10-21-34/h5-32H,1-4H3. The fraction of sp³-hybridized carbons (Fsp3) is 0.111. The summed E-state index contributed by atoms with van der Waals surface area (Å²) in [5.74, 6) is 0. The van der Waals surface area contributed by atoms with Gasteiger partial charge in [0.15, 0.2) is 0 Å². The molecule has 0 atom stereocenters. The maximum Gasteiger partial charge on any atom is 0.0159 e. The van der Waals surface area contributed by atoms with Crippen LogP contribution >= 0.6 is 10.0 Å². The van der Waals surface area contributed by atoms with E-state index in [4.69, 9.17) is 0 Å². The number of rotatable bonds is 2. The van der Waals surface area contributed by atoms with Gasteiger partial charge in [0.2, 0.25) is 0 Å². The molecule has 12 rings (SSSR count). The maximum atomic E-state index is 2.60. The lowest BCUT2D eigenvalue weighted by Gasteiger charge is -2.46. The summed E-state index contributed by atoms with van der Waals surface area (Å²) in [5.41, 5.74) is 13.7. The summed E-state index contributed by atoms with van der Waals surface area (Å²) >= 11 is 0. The molecular weight excluding hydrogens is 681 g/mol. The predicted octanol–water partition coefficient (Wildman–Crippen LogP) is 15.1. The molecule has 9 aromatic rings. The maximum absolute atomic E-state index is 2.60. The van der Waals surface area contributed by atoms with Crippen molar-refractivity contribution in [3.05, 3.63) is 192 Å². The Balaban J connectivity index is 1.33. The third kappa shape index (κ3) is 3.75. The summed E-state index contributed by atoms with van der Waals surface area (Å²) in [6.45, 7) is 9.73. The van der Waals surface area contributed by atoms with E-state index in [0.29, 0.717) is 0 Å². The van der Waals surface area contributed by atoms with E-state index in [1.54, 1.807) is 0 Å². The van der Waals surface area contributed by atoms with Crippen molar-refractivity contribution in [2.45, 2.75) is 58.1 Å². The summed E-state index contributed by atoms with van der Waals surface area (Å²) in [6.07, 6.45) is 0. The lowest BCUT2D eigenvalue weighted by Crippen LogP contribution is -2.25. The minimum atomic E-state index is -1.83. The average Bonchev–Trinajstić information content (AvgIpc) is 3.46. The molecule has 0 saturated heterocycles. The Morgan fingerprint density at radius 3 is 1.55 bits per heavy atom. The van der Waals surface area contributed by atoms with Crippen molar-refractivity contribution in [3.8, 4) is 33.4 Å². The van der Waals surface area contributed by atoms with E-state index in [1.807, 2.05) is 0 Å². The van der Waals surface area contributed by atoms with Crippen LogP contribution in [0.15, 0.2) is 189 Å². The molecule has 0 amide bonds. The first-order chi connectivity index (χ1) is 26.8. The highest BCUT2D eigenvalue weighted by Gasteiger charge is 2.44. The Morgan fingerprint density at radius 1 is 0.327 bits per heavy atom. The lowest BCUT2D eigenvalue weighted by atomic mass is 9.66. The lowest BCUT2D eigenvalue weighted by molar-refractivity contribution is 0.630. The SMILES string of the molecule is CC1(C)c2ccccc2-c2c1cc1c3c(c4cc5c6c(cccc6c4cc23)S(c2ccccc2)(c2ccccc2)c2ccccc2-5)-c2ccccc2C1(C)C. The highest BCUT2D eigenvalue weighted by molar-refractivity contribution is 8.34. The first-order valence-electron chi connectivity index (χ1n) is 19.6. The van der Waals surface area contributed by atoms with Gasteiger partial charge in [-0.1, -0.05) is 149 Å². The Kier molecular flexibility index (Phi) is 6.09. The molecule has 55 heavy (non-hydrogen) atoms. The Morgan fingerprint density at radius 2 is 0.873 bits per heavy atom. The van der Waals surface area contributed by atoms with Gasteiger partial charge < -0.3 is 0 Å². The van der Waals surface area contributed by atoms with Gasteiger partial charge in [-0.2, -0.15) is 0 Å². The molecule has 0 radical (unpaired) electrons. The molecule has 3 aliphatic rings. The molecule has 9 aromatic carbocycles. The minimum Gasteiger partial charge on any atom is -0.132 e. The van der Waals surface area contributed by atoms with Gasteiger partial charge in [-0.25, -0.2) is 0 Å². The second kappa shape index (κ2) is 10.7. The van der Waals surface area contributed by atoms with Crippen LogP contribution < -0.4 is 0 Å². The number of hydrogen-bond donors (Lipinski definition) is 0. The molecule has 0 spiro atoms. The average molecular weight is 721 g/mol. The largest absolute Gasteiger partial charge is 0.132 e. The van der Waals surface area contributed by atoms with Crippen LogP contribution in [0.3, 0.4) is 0 Å². The zero-order valence-electron chi connectivity index (χ0n) is 31.6. The van der Waals surface area contributed by atoms with E-state index in [-0.39, 0.29) is 10.8 Å². The molecule has 0 unspecified atom stereocenters. The van der Waals surface area contributed by atoms with Crippen LogP contribution in [0.4, 0.5) is 0 Å². The molecular formula is C54H40S. The van der Waals surface area contributed by atoms with Crippen molar-refractivity contribution in [1.82, 2.24) is 0 Å². The van der Waals surface area contributed by atoms with Crippen molar-refractivity contribution in [1.29, 1.82) is 0 Å². The smallest absolute Gasteiger partial charge is 0.0159 e. The zero-order valence-corrected chi connectivity index (χ0v) is 32.4. The highest BCUT2D eigenvalue weighted by atomic mass is 32.3. The van der Waals surface area contributed by atoms with Crippen molar-refractivity contribution in [3.63, 3.8) is 0 Å². The van der Waals surface area contributed by atoms with E-state index >= 15 is 0 Å². The normalized spacial score (nSPS) is 16.7. The Bertz CT molecular complexity index is 3090. The number of benzene rings is 9. The van der Waals surface area contributed by atoms with Gasteiger partial charge >= 0.3 is 0 Å². The van der Waals surface area contributed by atoms with E-state index in [1.165, 1.54) is 108 Å². The molecule has 1 heterocycles. The van der Waals surface area contributed by atoms with Crippen LogP contribution in [0.5, 0.6) is 0 Å². The molecule has 0 fully saturated rings. The molecule has 1 aliphatic heterocycles. The second-order valence-corrected chi connectivity index (χ2v) is 19.8. The first-order valence-corrected chi connectivity index (χ1v) is 21.2. The molecule has 0 N–H and O–H groups in total. The van der Waals surface area contributed by atoms with Crippen molar-refractivity contribution < 1.29 is 0 Å². The summed E-state index contributed by atoms with van der Waals surface area (Å²) < 4.78 is 0. The molecule has 0 aromatic heterocycles. The van der Waals surface area contributed by atoms with Crippen LogP contribution in [0, 0.1) is 0 Å². The minimum absolute atomic E-state index is 0.100. The van der Waals surface area contributed by atoms with Gasteiger partial charge in [0.1, 0.15) is 0 Å². The topological polar surface area (TPSA) is 0 Å². The van der Waals surface area contributed by atoms with Crippen LogP contribution in [-0.2, 0) is 10.8 Å². The molecule has 1 heteroatoms. The summed E-state index contributed by atoms with van der Waals surface area (Å²) in [4.78, 5) is 5.59. The van der Waals surface area contributed by atoms with E-state index in [0.717, 1.165) is 0 Å². The third-order valence-electron chi connectivity index (χ3n) is 13.5. The molecule has 0 nitrogen and oxygen atoms in total. The Labute approximate surface area is 324 Å². The van der Waals surface area contributed by atoms with Gasteiger partial charge in [0.05, 0.1) is 0 Å². The van der Waals surface area contributed by atoms with Crippen molar-refractivity contribution in [2.24, 2.45) is 0 Å². The summed E-state index contributed by atoms with van der Waals surface area (Å²) in [6, 6.07) is 65.3. The van der Waals surface area contributed by atoms with Crippen LogP contribution in [0.25, 0.3) is 65.7 Å². The fourth-order valence-electron chi connectivity index (χ4n) is 11.0. The van der Waals surface area contributed by atoms with E-state index in [2.05, 4.69) is 198 Å². The number of fused-ring (bicyclic) bond motifs is 11. The molecule has 0 bridgehead atoms. The zero-order chi connectivity index (χ0) is 36.8. The summed E-state index contributed by atoms with van der Waals surface area (Å²) in [5, 5.41) is 8.22. The van der Waals surface area contributed by atoms with Gasteiger partial charge in [-0.15, -0.1) is 10.0 Å².